The molecule has 0 fully saturated rings. The Morgan fingerprint density at radius 2 is 1.56 bits per heavy atom. The highest BCUT2D eigenvalue weighted by Crippen LogP contribution is 2.29. The van der Waals surface area contributed by atoms with Crippen molar-refractivity contribution in [1.82, 2.24) is 15.0 Å². The highest BCUT2D eigenvalue weighted by molar-refractivity contribution is 6.22. The maximum absolute atomic E-state index is 11.6. The van der Waals surface area contributed by atoms with Gasteiger partial charge in [0.05, 0.1) is 11.8 Å². The molecule has 5 N–H and O–H groups in total. The number of allylic oxidation sites excluding steroid dienone is 1. The average Bonchev–Trinajstić information content (AvgIpc) is 3.65. The zero-order valence-electron chi connectivity index (χ0n) is 25.4. The number of rotatable bonds is 13. The Kier molecular flexibility index (Phi) is 9.39. The molecule has 4 heterocycles. The molecule has 0 amide bonds. The molecule has 0 bridgehead atoms. The van der Waals surface area contributed by atoms with Gasteiger partial charge in [0.1, 0.15) is 0 Å². The Balaban J connectivity index is 1.87. The van der Waals surface area contributed by atoms with Crippen LogP contribution in [0.25, 0.3) is 30.4 Å². The first-order valence-electron chi connectivity index (χ1n) is 14.4. The molecular formula is C35H40N4O4. The largest absolute Gasteiger partial charge is 0.481 e. The van der Waals surface area contributed by atoms with E-state index in [9.17, 15) is 19.8 Å². The zero-order chi connectivity index (χ0) is 31.4. The Bertz CT molecular complexity index is 1810. The van der Waals surface area contributed by atoms with Crippen LogP contribution in [0, 0.1) is 20.8 Å². The smallest absolute Gasteiger partial charge is 0.303 e. The first-order valence-corrected chi connectivity index (χ1v) is 14.4. The molecule has 0 saturated carbocycles. The van der Waals surface area contributed by atoms with Crippen molar-refractivity contribution in [2.24, 2.45) is 4.99 Å². The minimum Gasteiger partial charge on any atom is -0.481 e. The molecule has 0 spiro atoms. The highest BCUT2D eigenvalue weighted by atomic mass is 16.4. The van der Waals surface area contributed by atoms with Gasteiger partial charge in [-0.25, -0.2) is 0 Å². The summed E-state index contributed by atoms with van der Waals surface area (Å²) in [5, 5.41) is 20.5. The van der Waals surface area contributed by atoms with Crippen LogP contribution in [0.1, 0.15) is 76.6 Å². The van der Waals surface area contributed by atoms with E-state index < -0.39 is 11.9 Å². The third kappa shape index (κ3) is 6.48. The number of nitrogens with one attached hydrogen (secondary N) is 3. The van der Waals surface area contributed by atoms with Gasteiger partial charge in [-0.05, 0) is 97.7 Å². The monoisotopic (exact) mass is 580 g/mol. The molecule has 8 heteroatoms. The van der Waals surface area contributed by atoms with Crippen molar-refractivity contribution in [3.63, 3.8) is 0 Å². The lowest BCUT2D eigenvalue weighted by atomic mass is 9.95. The lowest BCUT2D eigenvalue weighted by Gasteiger charge is -2.10. The lowest BCUT2D eigenvalue weighted by molar-refractivity contribution is -0.137. The predicted octanol–water partition coefficient (Wildman–Crippen LogP) is 5.40. The normalized spacial score (nSPS) is 15.7. The molecule has 224 valence electrons. The molecule has 0 aliphatic carbocycles. The molecule has 1 unspecified atom stereocenters. The predicted molar refractivity (Wildman–Crippen MR) is 175 cm³/mol. The van der Waals surface area contributed by atoms with Crippen LogP contribution in [-0.4, -0.2) is 48.9 Å². The van der Waals surface area contributed by atoms with Crippen molar-refractivity contribution >= 4 is 48.0 Å². The van der Waals surface area contributed by atoms with Gasteiger partial charge in [-0.1, -0.05) is 31.9 Å². The summed E-state index contributed by atoms with van der Waals surface area (Å²) >= 11 is 0. The summed E-state index contributed by atoms with van der Waals surface area (Å²) in [4.78, 5) is 38.4. The molecule has 0 radical (unpaired) electrons. The van der Waals surface area contributed by atoms with Crippen LogP contribution in [0.5, 0.6) is 0 Å². The van der Waals surface area contributed by atoms with E-state index in [1.54, 1.807) is 12.2 Å². The van der Waals surface area contributed by atoms with Gasteiger partial charge in [-0.15, -0.1) is 0 Å². The first-order chi connectivity index (χ1) is 20.5. The summed E-state index contributed by atoms with van der Waals surface area (Å²) < 4.78 is 0. The number of aromatic amines is 3. The van der Waals surface area contributed by atoms with E-state index in [0.29, 0.717) is 19.3 Å². The van der Waals surface area contributed by atoms with Crippen LogP contribution in [0.3, 0.4) is 0 Å². The van der Waals surface area contributed by atoms with Crippen molar-refractivity contribution < 1.29 is 19.8 Å². The number of carboxylic acids is 2. The van der Waals surface area contributed by atoms with Gasteiger partial charge < -0.3 is 25.2 Å². The fourth-order valence-electron chi connectivity index (χ4n) is 5.81. The van der Waals surface area contributed by atoms with E-state index in [-0.39, 0.29) is 18.9 Å². The zero-order valence-corrected chi connectivity index (χ0v) is 25.4. The number of hydrogen-bond donors (Lipinski definition) is 5. The summed E-state index contributed by atoms with van der Waals surface area (Å²) in [6.45, 7) is 19.8. The number of hydrogen-bond acceptors (Lipinski definition) is 3. The second kappa shape index (κ2) is 13.0. The third-order valence-electron chi connectivity index (χ3n) is 8.46. The van der Waals surface area contributed by atoms with Crippen LogP contribution in [0.2, 0.25) is 0 Å². The SMILES string of the molecule is C=Cc1c[nH]c(CC2N=C(/C=c3/[nH]/c(=C/c4[nH]c(C=C)c(C)c4C=C)c(C)c3CCC(=O)O)C(CCC(=O)O)=C2C)c1C. The first kappa shape index (κ1) is 31.1. The van der Waals surface area contributed by atoms with Crippen LogP contribution in [-0.2, 0) is 22.4 Å². The molecule has 0 aromatic carbocycles. The summed E-state index contributed by atoms with van der Waals surface area (Å²) in [6.07, 6.45) is 12.6. The quantitative estimate of drug-likeness (QED) is 0.185. The number of H-pyrrole nitrogens is 3. The number of aliphatic imine (C=N–C) groups is 1. The van der Waals surface area contributed by atoms with E-state index in [2.05, 4.69) is 41.6 Å². The molecule has 3 aromatic rings. The Labute approximate surface area is 251 Å². The molecule has 43 heavy (non-hydrogen) atoms. The van der Waals surface area contributed by atoms with Gasteiger partial charge in [-0.3, -0.25) is 14.6 Å². The maximum Gasteiger partial charge on any atom is 0.303 e. The van der Waals surface area contributed by atoms with Gasteiger partial charge >= 0.3 is 11.9 Å². The highest BCUT2D eigenvalue weighted by Gasteiger charge is 2.26. The topological polar surface area (TPSA) is 134 Å². The van der Waals surface area contributed by atoms with Gasteiger partial charge in [0.25, 0.3) is 0 Å². The Hall–Kier alpha value is -4.85. The van der Waals surface area contributed by atoms with E-state index in [0.717, 1.165) is 78.0 Å². The second-order valence-corrected chi connectivity index (χ2v) is 11.0. The molecule has 3 aromatic heterocycles. The fraction of sp³-hybridized carbons (Fsp3) is 0.286. The Morgan fingerprint density at radius 3 is 2.16 bits per heavy atom. The van der Waals surface area contributed by atoms with Gasteiger partial charge in [0.15, 0.2) is 0 Å². The number of nitrogens with zero attached hydrogens (tertiary/aromatic N) is 1. The molecule has 1 aliphatic heterocycles. The fourth-order valence-corrected chi connectivity index (χ4v) is 5.81. The number of aliphatic carboxylic acids is 2. The van der Waals surface area contributed by atoms with Crippen molar-refractivity contribution in [2.45, 2.75) is 65.8 Å². The summed E-state index contributed by atoms with van der Waals surface area (Å²) in [6, 6.07) is -0.149. The standard InChI is InChI=1S/C35H40N4O4/c1-8-23-18-36-28(19(23)4)15-29-21(6)25(11-13-34(40)41)32(38-29)17-33-26(12-14-35(42)43)22(7)30(39-33)16-31-24(9-2)20(5)27(10-3)37-31/h8-10,16-18,29,36-37,39H,1-3,11-15H2,4-7H3,(H,40,41)(H,42,43)/b30-16+,33-17+. The minimum atomic E-state index is -0.877. The summed E-state index contributed by atoms with van der Waals surface area (Å²) in [5.41, 5.74) is 11.5. The van der Waals surface area contributed by atoms with Crippen LogP contribution in [0.4, 0.5) is 0 Å². The van der Waals surface area contributed by atoms with Crippen molar-refractivity contribution in [3.8, 4) is 0 Å². The van der Waals surface area contributed by atoms with Gasteiger partial charge in [0, 0.05) is 58.8 Å². The molecule has 1 atom stereocenters. The third-order valence-corrected chi connectivity index (χ3v) is 8.46. The molecule has 1 aliphatic rings. The van der Waals surface area contributed by atoms with E-state index in [1.165, 1.54) is 0 Å². The lowest BCUT2D eigenvalue weighted by Crippen LogP contribution is -2.16. The Morgan fingerprint density at radius 1 is 0.860 bits per heavy atom. The van der Waals surface area contributed by atoms with Crippen molar-refractivity contribution in [2.75, 3.05) is 0 Å². The summed E-state index contributed by atoms with van der Waals surface area (Å²) in [7, 11) is 0. The maximum atomic E-state index is 11.6. The minimum absolute atomic E-state index is 0.00874. The average molecular weight is 581 g/mol. The number of aromatic nitrogens is 3. The second-order valence-electron chi connectivity index (χ2n) is 11.0. The molecule has 4 rings (SSSR count). The number of carboxylic acid groups (broad SMARTS) is 2. The van der Waals surface area contributed by atoms with Gasteiger partial charge in [0.2, 0.25) is 0 Å². The molecule has 8 nitrogen and oxygen atoms in total. The van der Waals surface area contributed by atoms with Crippen LogP contribution < -0.4 is 10.7 Å². The van der Waals surface area contributed by atoms with Crippen molar-refractivity contribution in [3.05, 3.63) is 98.2 Å². The summed E-state index contributed by atoms with van der Waals surface area (Å²) in [5.74, 6) is -1.75. The van der Waals surface area contributed by atoms with E-state index >= 15 is 0 Å². The van der Waals surface area contributed by atoms with Crippen LogP contribution >= 0.6 is 0 Å². The van der Waals surface area contributed by atoms with Gasteiger partial charge in [-0.2, -0.15) is 0 Å². The number of carbonyl (C=O) groups is 2. The van der Waals surface area contributed by atoms with E-state index in [1.807, 2.05) is 45.2 Å². The molecule has 0 saturated heterocycles. The van der Waals surface area contributed by atoms with E-state index in [4.69, 9.17) is 4.99 Å². The molecular weight excluding hydrogens is 540 g/mol. The van der Waals surface area contributed by atoms with Crippen LogP contribution in [0.15, 0.2) is 42.1 Å². The van der Waals surface area contributed by atoms with Crippen molar-refractivity contribution in [1.29, 1.82) is 0 Å².